The molecule has 0 saturated heterocycles. The highest BCUT2D eigenvalue weighted by Gasteiger charge is 2.12. The second kappa shape index (κ2) is 6.66. The molecule has 0 radical (unpaired) electrons. The van der Waals surface area contributed by atoms with Crippen molar-refractivity contribution in [1.29, 1.82) is 0 Å². The Bertz CT molecular complexity index is 323. The van der Waals surface area contributed by atoms with Crippen LogP contribution in [-0.2, 0) is 4.74 Å². The molecular formula is C14H23NO. The van der Waals surface area contributed by atoms with Gasteiger partial charge in [0.25, 0.3) is 0 Å². The number of aryl methyl sites for hydroxylation is 2. The van der Waals surface area contributed by atoms with E-state index in [4.69, 9.17) is 4.74 Å². The van der Waals surface area contributed by atoms with Crippen molar-refractivity contribution in [2.45, 2.75) is 33.2 Å². The lowest BCUT2D eigenvalue weighted by molar-refractivity contribution is 0.183. The molecule has 90 valence electrons. The number of hydrogen-bond donors (Lipinski definition) is 1. The lowest BCUT2D eigenvalue weighted by atomic mass is 9.97. The predicted molar refractivity (Wildman–Crippen MR) is 68.8 cm³/mol. The van der Waals surface area contributed by atoms with Crippen molar-refractivity contribution >= 4 is 0 Å². The van der Waals surface area contributed by atoms with E-state index in [1.165, 1.54) is 16.7 Å². The minimum Gasteiger partial charge on any atom is -0.385 e. The minimum atomic E-state index is 0.408. The molecule has 0 fully saturated rings. The zero-order valence-electron chi connectivity index (χ0n) is 10.8. The molecule has 1 unspecified atom stereocenters. The molecule has 0 heterocycles. The number of methoxy groups -OCH3 is 1. The third-order valence-corrected chi connectivity index (χ3v) is 2.86. The van der Waals surface area contributed by atoms with Crippen LogP contribution in [0.4, 0.5) is 0 Å². The van der Waals surface area contributed by atoms with Crippen LogP contribution in [0.3, 0.4) is 0 Å². The molecule has 0 saturated carbocycles. The smallest absolute Gasteiger partial charge is 0.0480 e. The van der Waals surface area contributed by atoms with Crippen LogP contribution in [0.25, 0.3) is 0 Å². The molecule has 1 aromatic rings. The lowest BCUT2D eigenvalue weighted by Gasteiger charge is -2.20. The summed E-state index contributed by atoms with van der Waals surface area (Å²) in [5.74, 6) is 0. The molecule has 16 heavy (non-hydrogen) atoms. The van der Waals surface area contributed by atoms with Gasteiger partial charge in [-0.2, -0.15) is 0 Å². The third kappa shape index (κ3) is 3.62. The number of nitrogens with one attached hydrogen (secondary N) is 1. The number of hydrogen-bond acceptors (Lipinski definition) is 2. The van der Waals surface area contributed by atoms with Crippen molar-refractivity contribution in [2.75, 3.05) is 20.3 Å². The fourth-order valence-corrected chi connectivity index (χ4v) is 2.07. The summed E-state index contributed by atoms with van der Waals surface area (Å²) in [6, 6.07) is 7.06. The van der Waals surface area contributed by atoms with Crippen LogP contribution in [0.5, 0.6) is 0 Å². The van der Waals surface area contributed by atoms with Crippen molar-refractivity contribution in [1.82, 2.24) is 5.32 Å². The molecule has 1 atom stereocenters. The Labute approximate surface area is 99.0 Å². The molecule has 0 aliphatic rings. The van der Waals surface area contributed by atoms with Crippen LogP contribution in [0, 0.1) is 13.8 Å². The maximum absolute atomic E-state index is 5.16. The van der Waals surface area contributed by atoms with Gasteiger partial charge in [-0.1, -0.05) is 30.7 Å². The Kier molecular flexibility index (Phi) is 5.50. The highest BCUT2D eigenvalue weighted by atomic mass is 16.5. The summed E-state index contributed by atoms with van der Waals surface area (Å²) in [4.78, 5) is 0. The van der Waals surface area contributed by atoms with Gasteiger partial charge in [-0.15, -0.1) is 0 Å². The highest BCUT2D eigenvalue weighted by molar-refractivity contribution is 5.32. The van der Waals surface area contributed by atoms with E-state index in [9.17, 15) is 0 Å². The largest absolute Gasteiger partial charge is 0.385 e. The standard InChI is InChI=1S/C14H23NO/c1-5-15-14(8-9-16-4)13-7-6-11(2)10-12(13)3/h6-7,10,14-15H,5,8-9H2,1-4H3. The van der Waals surface area contributed by atoms with Crippen LogP contribution in [0.15, 0.2) is 18.2 Å². The van der Waals surface area contributed by atoms with Crippen LogP contribution >= 0.6 is 0 Å². The van der Waals surface area contributed by atoms with Gasteiger partial charge in [-0.3, -0.25) is 0 Å². The second-order valence-corrected chi connectivity index (χ2v) is 4.25. The van der Waals surface area contributed by atoms with E-state index in [0.717, 1.165) is 19.6 Å². The average Bonchev–Trinajstić information content (AvgIpc) is 2.25. The van der Waals surface area contributed by atoms with E-state index in [2.05, 4.69) is 44.3 Å². The summed E-state index contributed by atoms with van der Waals surface area (Å²) < 4.78 is 5.16. The van der Waals surface area contributed by atoms with Crippen LogP contribution in [0.1, 0.15) is 36.1 Å². The molecular weight excluding hydrogens is 198 g/mol. The van der Waals surface area contributed by atoms with Gasteiger partial charge in [-0.25, -0.2) is 0 Å². The van der Waals surface area contributed by atoms with Gasteiger partial charge in [0, 0.05) is 19.8 Å². The molecule has 0 aliphatic carbocycles. The molecule has 1 rings (SSSR count). The van der Waals surface area contributed by atoms with Gasteiger partial charge in [-0.05, 0) is 37.9 Å². The van der Waals surface area contributed by atoms with Crippen LogP contribution in [0.2, 0.25) is 0 Å². The first-order chi connectivity index (χ1) is 7.69. The van der Waals surface area contributed by atoms with Crippen molar-refractivity contribution in [2.24, 2.45) is 0 Å². The Morgan fingerprint density at radius 2 is 2.06 bits per heavy atom. The predicted octanol–water partition coefficient (Wildman–Crippen LogP) is 2.99. The first kappa shape index (κ1) is 13.2. The van der Waals surface area contributed by atoms with Gasteiger partial charge in [0.05, 0.1) is 0 Å². The Morgan fingerprint density at radius 1 is 1.31 bits per heavy atom. The molecule has 1 N–H and O–H groups in total. The number of benzene rings is 1. The normalized spacial score (nSPS) is 12.8. The van der Waals surface area contributed by atoms with E-state index >= 15 is 0 Å². The van der Waals surface area contributed by atoms with E-state index < -0.39 is 0 Å². The summed E-state index contributed by atoms with van der Waals surface area (Å²) >= 11 is 0. The van der Waals surface area contributed by atoms with Gasteiger partial charge < -0.3 is 10.1 Å². The fraction of sp³-hybridized carbons (Fsp3) is 0.571. The summed E-state index contributed by atoms with van der Waals surface area (Å²) in [6.07, 6.45) is 1.02. The summed E-state index contributed by atoms with van der Waals surface area (Å²) in [5.41, 5.74) is 4.08. The average molecular weight is 221 g/mol. The number of ether oxygens (including phenoxy) is 1. The monoisotopic (exact) mass is 221 g/mol. The third-order valence-electron chi connectivity index (χ3n) is 2.86. The Balaban J connectivity index is 2.82. The molecule has 0 aromatic heterocycles. The molecule has 2 heteroatoms. The van der Waals surface area contributed by atoms with E-state index in [1.54, 1.807) is 7.11 Å². The highest BCUT2D eigenvalue weighted by Crippen LogP contribution is 2.21. The summed E-state index contributed by atoms with van der Waals surface area (Å²) in [5, 5.41) is 3.51. The van der Waals surface area contributed by atoms with E-state index in [-0.39, 0.29) is 0 Å². The van der Waals surface area contributed by atoms with Crippen LogP contribution < -0.4 is 5.32 Å². The maximum atomic E-state index is 5.16. The fourth-order valence-electron chi connectivity index (χ4n) is 2.07. The summed E-state index contributed by atoms with van der Waals surface area (Å²) in [7, 11) is 1.75. The molecule has 0 spiro atoms. The van der Waals surface area contributed by atoms with E-state index in [1.807, 2.05) is 0 Å². The zero-order valence-corrected chi connectivity index (χ0v) is 10.8. The van der Waals surface area contributed by atoms with Crippen molar-refractivity contribution < 1.29 is 4.74 Å². The maximum Gasteiger partial charge on any atom is 0.0480 e. The SMILES string of the molecule is CCNC(CCOC)c1ccc(C)cc1C. The number of rotatable bonds is 6. The molecule has 0 amide bonds. The first-order valence-electron chi connectivity index (χ1n) is 5.98. The van der Waals surface area contributed by atoms with Gasteiger partial charge in [0.15, 0.2) is 0 Å². The first-order valence-corrected chi connectivity index (χ1v) is 5.98. The molecule has 1 aromatic carbocycles. The van der Waals surface area contributed by atoms with Gasteiger partial charge >= 0.3 is 0 Å². The molecule has 0 aliphatic heterocycles. The quantitative estimate of drug-likeness (QED) is 0.797. The van der Waals surface area contributed by atoms with Gasteiger partial charge in [0.2, 0.25) is 0 Å². The van der Waals surface area contributed by atoms with Gasteiger partial charge in [0.1, 0.15) is 0 Å². The van der Waals surface area contributed by atoms with Crippen LogP contribution in [-0.4, -0.2) is 20.3 Å². The second-order valence-electron chi connectivity index (χ2n) is 4.25. The topological polar surface area (TPSA) is 21.3 Å². The van der Waals surface area contributed by atoms with Crippen molar-refractivity contribution in [3.63, 3.8) is 0 Å². The van der Waals surface area contributed by atoms with E-state index in [0.29, 0.717) is 6.04 Å². The summed E-state index contributed by atoms with van der Waals surface area (Å²) in [6.45, 7) is 8.24. The lowest BCUT2D eigenvalue weighted by Crippen LogP contribution is -2.23. The minimum absolute atomic E-state index is 0.408. The van der Waals surface area contributed by atoms with Crippen molar-refractivity contribution in [3.8, 4) is 0 Å². The zero-order chi connectivity index (χ0) is 12.0. The molecule has 0 bridgehead atoms. The molecule has 2 nitrogen and oxygen atoms in total. The Morgan fingerprint density at radius 3 is 2.62 bits per heavy atom. The Hall–Kier alpha value is -0.860. The van der Waals surface area contributed by atoms with Crippen molar-refractivity contribution in [3.05, 3.63) is 34.9 Å².